The summed E-state index contributed by atoms with van der Waals surface area (Å²) in [5.41, 5.74) is 1.37. The Morgan fingerprint density at radius 3 is 2.79 bits per heavy atom. The van der Waals surface area contributed by atoms with Crippen LogP contribution in [0, 0.1) is 5.92 Å². The third-order valence-electron chi connectivity index (χ3n) is 3.01. The van der Waals surface area contributed by atoms with Crippen LogP contribution in [0.15, 0.2) is 6.20 Å². The molecule has 0 aliphatic heterocycles. The highest BCUT2D eigenvalue weighted by molar-refractivity contribution is 5.95. The number of hydrogen-bond acceptors (Lipinski definition) is 3. The number of nitrogens with zero attached hydrogens (tertiary/aromatic N) is 2. The molecule has 0 fully saturated rings. The van der Waals surface area contributed by atoms with Crippen molar-refractivity contribution in [2.45, 2.75) is 33.1 Å². The second kappa shape index (κ2) is 6.92. The number of aromatic nitrogens is 2. The zero-order valence-corrected chi connectivity index (χ0v) is 11.6. The Kier molecular flexibility index (Phi) is 5.54. The van der Waals surface area contributed by atoms with E-state index < -0.39 is 5.97 Å². The summed E-state index contributed by atoms with van der Waals surface area (Å²) in [5.74, 6) is -1.32. The van der Waals surface area contributed by atoms with Crippen molar-refractivity contribution in [3.63, 3.8) is 0 Å². The van der Waals surface area contributed by atoms with E-state index in [2.05, 4.69) is 10.4 Å². The highest BCUT2D eigenvalue weighted by atomic mass is 16.4. The van der Waals surface area contributed by atoms with E-state index in [9.17, 15) is 9.59 Å². The lowest BCUT2D eigenvalue weighted by atomic mass is 10.1. The summed E-state index contributed by atoms with van der Waals surface area (Å²) in [6.45, 7) is 4.10. The SMILES string of the molecule is CCc1nn(C)cc1C(=O)NCCCC(C)C(=O)O. The minimum Gasteiger partial charge on any atom is -0.481 e. The zero-order valence-electron chi connectivity index (χ0n) is 11.6. The average molecular weight is 267 g/mol. The molecular formula is C13H21N3O3. The third kappa shape index (κ3) is 4.39. The first-order chi connectivity index (χ1) is 8.95. The Balaban J connectivity index is 2.41. The molecule has 1 aromatic rings. The van der Waals surface area contributed by atoms with Gasteiger partial charge in [0.2, 0.25) is 0 Å². The first kappa shape index (κ1) is 15.2. The van der Waals surface area contributed by atoms with Gasteiger partial charge in [-0.1, -0.05) is 13.8 Å². The van der Waals surface area contributed by atoms with E-state index >= 15 is 0 Å². The van der Waals surface area contributed by atoms with Crippen molar-refractivity contribution in [2.24, 2.45) is 13.0 Å². The Labute approximate surface area is 112 Å². The molecule has 1 atom stereocenters. The molecule has 0 saturated heterocycles. The first-order valence-electron chi connectivity index (χ1n) is 6.49. The normalized spacial score (nSPS) is 12.2. The van der Waals surface area contributed by atoms with Gasteiger partial charge in [0, 0.05) is 19.8 Å². The van der Waals surface area contributed by atoms with Crippen LogP contribution < -0.4 is 5.32 Å². The van der Waals surface area contributed by atoms with E-state index in [1.54, 1.807) is 24.9 Å². The zero-order chi connectivity index (χ0) is 14.4. The molecule has 0 radical (unpaired) electrons. The topological polar surface area (TPSA) is 84.2 Å². The molecular weight excluding hydrogens is 246 g/mol. The molecule has 1 amide bonds. The molecule has 0 saturated carbocycles. The van der Waals surface area contributed by atoms with E-state index in [-0.39, 0.29) is 11.8 Å². The number of amides is 1. The van der Waals surface area contributed by atoms with Crippen LogP contribution >= 0.6 is 0 Å². The van der Waals surface area contributed by atoms with E-state index in [1.807, 2.05) is 6.92 Å². The number of carbonyl (C=O) groups is 2. The number of hydrogen-bond donors (Lipinski definition) is 2. The minimum atomic E-state index is -0.799. The molecule has 6 nitrogen and oxygen atoms in total. The standard InChI is InChI=1S/C13H21N3O3/c1-4-11-10(8-16(3)15-11)12(17)14-7-5-6-9(2)13(18)19/h8-9H,4-7H2,1-3H3,(H,14,17)(H,18,19). The van der Waals surface area contributed by atoms with Gasteiger partial charge in [0.25, 0.3) is 5.91 Å². The van der Waals surface area contributed by atoms with Crippen molar-refractivity contribution in [2.75, 3.05) is 6.54 Å². The summed E-state index contributed by atoms with van der Waals surface area (Å²) >= 11 is 0. The Bertz CT molecular complexity index is 454. The molecule has 1 heterocycles. The van der Waals surface area contributed by atoms with Gasteiger partial charge in [-0.05, 0) is 19.3 Å². The summed E-state index contributed by atoms with van der Waals surface area (Å²) in [6.07, 6.45) is 3.62. The third-order valence-corrected chi connectivity index (χ3v) is 3.01. The van der Waals surface area contributed by atoms with Crippen molar-refractivity contribution in [3.8, 4) is 0 Å². The Morgan fingerprint density at radius 2 is 2.21 bits per heavy atom. The largest absolute Gasteiger partial charge is 0.481 e. The second-order valence-corrected chi connectivity index (χ2v) is 4.65. The summed E-state index contributed by atoms with van der Waals surface area (Å²) in [5, 5.41) is 15.7. The van der Waals surface area contributed by atoms with Crippen molar-refractivity contribution >= 4 is 11.9 Å². The van der Waals surface area contributed by atoms with Gasteiger partial charge >= 0.3 is 5.97 Å². The molecule has 0 aromatic carbocycles. The lowest BCUT2D eigenvalue weighted by Crippen LogP contribution is -2.25. The molecule has 19 heavy (non-hydrogen) atoms. The predicted octanol–water partition coefficient (Wildman–Crippen LogP) is 1.21. The van der Waals surface area contributed by atoms with Crippen molar-refractivity contribution in [1.29, 1.82) is 0 Å². The highest BCUT2D eigenvalue weighted by Crippen LogP contribution is 2.08. The maximum absolute atomic E-state index is 11.9. The van der Waals surface area contributed by atoms with Crippen LogP contribution in [0.3, 0.4) is 0 Å². The molecule has 106 valence electrons. The molecule has 2 N–H and O–H groups in total. The molecule has 0 aliphatic rings. The number of carbonyl (C=O) groups excluding carboxylic acids is 1. The second-order valence-electron chi connectivity index (χ2n) is 4.65. The van der Waals surface area contributed by atoms with E-state index in [4.69, 9.17) is 5.11 Å². The van der Waals surface area contributed by atoms with Crippen LogP contribution in [0.5, 0.6) is 0 Å². The molecule has 6 heteroatoms. The van der Waals surface area contributed by atoms with Crippen LogP contribution in [0.2, 0.25) is 0 Å². The summed E-state index contributed by atoms with van der Waals surface area (Å²) in [4.78, 5) is 22.6. The average Bonchev–Trinajstić information content (AvgIpc) is 2.75. The summed E-state index contributed by atoms with van der Waals surface area (Å²) in [7, 11) is 1.78. The van der Waals surface area contributed by atoms with E-state index in [0.717, 1.165) is 5.69 Å². The van der Waals surface area contributed by atoms with Gasteiger partial charge in [-0.3, -0.25) is 14.3 Å². The smallest absolute Gasteiger partial charge is 0.306 e. The number of aliphatic carboxylic acids is 1. The summed E-state index contributed by atoms with van der Waals surface area (Å²) in [6, 6.07) is 0. The fraction of sp³-hybridized carbons (Fsp3) is 0.615. The van der Waals surface area contributed by atoms with Gasteiger partial charge in [0.1, 0.15) is 0 Å². The molecule has 1 unspecified atom stereocenters. The van der Waals surface area contributed by atoms with Crippen molar-refractivity contribution in [3.05, 3.63) is 17.5 Å². The summed E-state index contributed by atoms with van der Waals surface area (Å²) < 4.78 is 1.63. The molecule has 1 aromatic heterocycles. The van der Waals surface area contributed by atoms with Crippen molar-refractivity contribution in [1.82, 2.24) is 15.1 Å². The number of carboxylic acid groups (broad SMARTS) is 1. The monoisotopic (exact) mass is 267 g/mol. The van der Waals surface area contributed by atoms with Crippen molar-refractivity contribution < 1.29 is 14.7 Å². The van der Waals surface area contributed by atoms with Gasteiger partial charge < -0.3 is 10.4 Å². The lowest BCUT2D eigenvalue weighted by Gasteiger charge is -2.07. The Morgan fingerprint density at radius 1 is 1.53 bits per heavy atom. The van der Waals surface area contributed by atoms with E-state index in [1.165, 1.54) is 0 Å². The maximum atomic E-state index is 11.9. The molecule has 0 aliphatic carbocycles. The fourth-order valence-electron chi connectivity index (χ4n) is 1.81. The highest BCUT2D eigenvalue weighted by Gasteiger charge is 2.14. The predicted molar refractivity (Wildman–Crippen MR) is 71.0 cm³/mol. The number of aryl methyl sites for hydroxylation is 2. The van der Waals surface area contributed by atoms with Gasteiger partial charge in [0.05, 0.1) is 17.2 Å². The minimum absolute atomic E-state index is 0.145. The maximum Gasteiger partial charge on any atom is 0.306 e. The molecule has 0 bridgehead atoms. The number of nitrogens with one attached hydrogen (secondary N) is 1. The van der Waals surface area contributed by atoms with Crippen LogP contribution in [0.4, 0.5) is 0 Å². The van der Waals surface area contributed by atoms with Crippen LogP contribution in [0.25, 0.3) is 0 Å². The van der Waals surface area contributed by atoms with Gasteiger partial charge in [-0.25, -0.2) is 0 Å². The van der Waals surface area contributed by atoms with Gasteiger partial charge in [-0.15, -0.1) is 0 Å². The fourth-order valence-corrected chi connectivity index (χ4v) is 1.81. The Hall–Kier alpha value is -1.85. The molecule has 0 spiro atoms. The lowest BCUT2D eigenvalue weighted by molar-refractivity contribution is -0.141. The molecule has 1 rings (SSSR count). The van der Waals surface area contributed by atoms with E-state index in [0.29, 0.717) is 31.4 Å². The number of rotatable bonds is 7. The van der Waals surface area contributed by atoms with Crippen LogP contribution in [-0.2, 0) is 18.3 Å². The van der Waals surface area contributed by atoms with Crippen LogP contribution in [-0.4, -0.2) is 33.3 Å². The van der Waals surface area contributed by atoms with Crippen LogP contribution in [0.1, 0.15) is 42.7 Å². The van der Waals surface area contributed by atoms with Gasteiger partial charge in [0.15, 0.2) is 0 Å². The quantitative estimate of drug-likeness (QED) is 0.727. The number of carboxylic acids is 1. The first-order valence-corrected chi connectivity index (χ1v) is 6.49. The van der Waals surface area contributed by atoms with Gasteiger partial charge in [-0.2, -0.15) is 5.10 Å².